The third-order valence-corrected chi connectivity index (χ3v) is 2.94. The zero-order valence-electron chi connectivity index (χ0n) is 11.4. The molecule has 0 saturated carbocycles. The van der Waals surface area contributed by atoms with Gasteiger partial charge in [0.15, 0.2) is 5.89 Å². The van der Waals surface area contributed by atoms with E-state index in [-0.39, 0.29) is 5.91 Å². The fourth-order valence-corrected chi connectivity index (χ4v) is 1.78. The summed E-state index contributed by atoms with van der Waals surface area (Å²) in [5.41, 5.74) is 2.61. The molecule has 1 amide bonds. The summed E-state index contributed by atoms with van der Waals surface area (Å²) in [6.45, 7) is 6.40. The molecule has 1 aromatic heterocycles. The van der Waals surface area contributed by atoms with Crippen molar-refractivity contribution in [3.05, 3.63) is 53.2 Å². The Hall–Kier alpha value is -2.10. The Bertz CT molecular complexity index is 556. The van der Waals surface area contributed by atoms with Crippen LogP contribution in [0.15, 0.2) is 34.9 Å². The molecule has 0 atom stereocenters. The minimum Gasteiger partial charge on any atom is -0.449 e. The molecule has 1 N–H and O–H groups in total. The van der Waals surface area contributed by atoms with Crippen LogP contribution in [0.4, 0.5) is 0 Å². The third-order valence-electron chi connectivity index (χ3n) is 2.94. The number of benzene rings is 1. The van der Waals surface area contributed by atoms with Gasteiger partial charge in [0.1, 0.15) is 6.26 Å². The van der Waals surface area contributed by atoms with E-state index in [1.165, 1.54) is 5.56 Å². The molecular weight excluding hydrogens is 240 g/mol. The van der Waals surface area contributed by atoms with Gasteiger partial charge in [0.25, 0.3) is 5.91 Å². The molecule has 0 aliphatic carbocycles. The smallest absolute Gasteiger partial charge is 0.251 e. The van der Waals surface area contributed by atoms with Crippen LogP contribution in [0.25, 0.3) is 0 Å². The number of aryl methyl sites for hydroxylation is 1. The average Bonchev–Trinajstić information content (AvgIpc) is 2.82. The van der Waals surface area contributed by atoms with Crippen molar-refractivity contribution >= 4 is 5.91 Å². The SMILES string of the molecule is Cc1nc(CNC(=O)c2ccc(C(C)C)cc2)co1. The highest BCUT2D eigenvalue weighted by atomic mass is 16.3. The second-order valence-electron chi connectivity index (χ2n) is 4.82. The Labute approximate surface area is 112 Å². The molecule has 0 aliphatic rings. The summed E-state index contributed by atoms with van der Waals surface area (Å²) in [7, 11) is 0. The van der Waals surface area contributed by atoms with Gasteiger partial charge in [0.05, 0.1) is 12.2 Å². The van der Waals surface area contributed by atoms with Gasteiger partial charge in [-0.3, -0.25) is 4.79 Å². The Balaban J connectivity index is 1.96. The third kappa shape index (κ3) is 3.44. The van der Waals surface area contributed by atoms with Crippen LogP contribution in [0.5, 0.6) is 0 Å². The van der Waals surface area contributed by atoms with E-state index in [2.05, 4.69) is 24.1 Å². The Morgan fingerprint density at radius 3 is 2.53 bits per heavy atom. The van der Waals surface area contributed by atoms with Crippen LogP contribution in [-0.4, -0.2) is 10.9 Å². The fourth-order valence-electron chi connectivity index (χ4n) is 1.78. The molecule has 1 heterocycles. The maximum Gasteiger partial charge on any atom is 0.251 e. The molecule has 19 heavy (non-hydrogen) atoms. The van der Waals surface area contributed by atoms with Gasteiger partial charge in [0, 0.05) is 12.5 Å². The molecule has 0 aliphatic heterocycles. The Morgan fingerprint density at radius 2 is 2.00 bits per heavy atom. The molecule has 1 aromatic carbocycles. The van der Waals surface area contributed by atoms with E-state index >= 15 is 0 Å². The largest absolute Gasteiger partial charge is 0.449 e. The van der Waals surface area contributed by atoms with Gasteiger partial charge in [-0.1, -0.05) is 26.0 Å². The van der Waals surface area contributed by atoms with Crippen LogP contribution in [0, 0.1) is 6.92 Å². The van der Waals surface area contributed by atoms with Gasteiger partial charge in [-0.15, -0.1) is 0 Å². The first-order chi connectivity index (χ1) is 9.06. The van der Waals surface area contributed by atoms with Crippen molar-refractivity contribution < 1.29 is 9.21 Å². The summed E-state index contributed by atoms with van der Waals surface area (Å²) in [5, 5.41) is 2.82. The number of carbonyl (C=O) groups excluding carboxylic acids is 1. The molecular formula is C15H18N2O2. The summed E-state index contributed by atoms with van der Waals surface area (Å²) in [6, 6.07) is 7.66. The average molecular weight is 258 g/mol. The number of hydrogen-bond donors (Lipinski definition) is 1. The first-order valence-electron chi connectivity index (χ1n) is 6.35. The maximum absolute atomic E-state index is 11.9. The van der Waals surface area contributed by atoms with E-state index in [0.717, 1.165) is 5.69 Å². The Kier molecular flexibility index (Phi) is 4.00. The van der Waals surface area contributed by atoms with Crippen molar-refractivity contribution in [2.45, 2.75) is 33.2 Å². The predicted molar refractivity (Wildman–Crippen MR) is 72.9 cm³/mol. The molecule has 0 radical (unpaired) electrons. The monoisotopic (exact) mass is 258 g/mol. The molecule has 2 rings (SSSR count). The molecule has 0 spiro atoms. The van der Waals surface area contributed by atoms with Crippen LogP contribution in [-0.2, 0) is 6.54 Å². The summed E-state index contributed by atoms with van der Waals surface area (Å²) in [4.78, 5) is 16.1. The predicted octanol–water partition coefficient (Wildman–Crippen LogP) is 3.04. The first-order valence-corrected chi connectivity index (χ1v) is 6.35. The molecule has 4 nitrogen and oxygen atoms in total. The number of rotatable bonds is 4. The number of carbonyl (C=O) groups is 1. The van der Waals surface area contributed by atoms with Crippen molar-refractivity contribution in [1.29, 1.82) is 0 Å². The summed E-state index contributed by atoms with van der Waals surface area (Å²) in [5.74, 6) is 0.969. The summed E-state index contributed by atoms with van der Waals surface area (Å²) in [6.07, 6.45) is 1.55. The number of nitrogens with one attached hydrogen (secondary N) is 1. The van der Waals surface area contributed by atoms with E-state index < -0.39 is 0 Å². The summed E-state index contributed by atoms with van der Waals surface area (Å²) < 4.78 is 5.08. The van der Waals surface area contributed by atoms with Gasteiger partial charge >= 0.3 is 0 Å². The number of amides is 1. The number of aromatic nitrogens is 1. The van der Waals surface area contributed by atoms with Crippen LogP contribution in [0.1, 0.15) is 47.3 Å². The molecule has 0 fully saturated rings. The topological polar surface area (TPSA) is 55.1 Å². The lowest BCUT2D eigenvalue weighted by molar-refractivity contribution is 0.0950. The van der Waals surface area contributed by atoms with Crippen LogP contribution in [0.2, 0.25) is 0 Å². The second-order valence-corrected chi connectivity index (χ2v) is 4.82. The van der Waals surface area contributed by atoms with Gasteiger partial charge in [-0.25, -0.2) is 4.98 Å². The zero-order valence-corrected chi connectivity index (χ0v) is 11.4. The van der Waals surface area contributed by atoms with E-state index in [4.69, 9.17) is 4.42 Å². The lowest BCUT2D eigenvalue weighted by Crippen LogP contribution is -2.22. The standard InChI is InChI=1S/C15H18N2O2/c1-10(2)12-4-6-13(7-5-12)15(18)16-8-14-9-19-11(3)17-14/h4-7,9-10H,8H2,1-3H3,(H,16,18). The van der Waals surface area contributed by atoms with Crippen LogP contribution >= 0.6 is 0 Å². The van der Waals surface area contributed by atoms with Crippen molar-refractivity contribution in [1.82, 2.24) is 10.3 Å². The fraction of sp³-hybridized carbons (Fsp3) is 0.333. The normalized spacial score (nSPS) is 10.7. The van der Waals surface area contributed by atoms with Gasteiger partial charge in [0.2, 0.25) is 0 Å². The number of nitrogens with zero attached hydrogens (tertiary/aromatic N) is 1. The summed E-state index contributed by atoms with van der Waals surface area (Å²) >= 11 is 0. The molecule has 100 valence electrons. The van der Waals surface area contributed by atoms with Crippen molar-refractivity contribution in [2.75, 3.05) is 0 Å². The van der Waals surface area contributed by atoms with Crippen LogP contribution < -0.4 is 5.32 Å². The molecule has 0 unspecified atom stereocenters. The number of hydrogen-bond acceptors (Lipinski definition) is 3. The van der Waals surface area contributed by atoms with Gasteiger partial charge < -0.3 is 9.73 Å². The van der Waals surface area contributed by atoms with E-state index in [1.807, 2.05) is 24.3 Å². The Morgan fingerprint density at radius 1 is 1.32 bits per heavy atom. The lowest BCUT2D eigenvalue weighted by Gasteiger charge is -2.07. The quantitative estimate of drug-likeness (QED) is 0.917. The van der Waals surface area contributed by atoms with Crippen molar-refractivity contribution in [3.63, 3.8) is 0 Å². The molecule has 4 heteroatoms. The highest BCUT2D eigenvalue weighted by molar-refractivity contribution is 5.94. The van der Waals surface area contributed by atoms with Crippen molar-refractivity contribution in [3.8, 4) is 0 Å². The first kappa shape index (κ1) is 13.3. The minimum atomic E-state index is -0.101. The lowest BCUT2D eigenvalue weighted by atomic mass is 10.0. The maximum atomic E-state index is 11.9. The molecule has 2 aromatic rings. The minimum absolute atomic E-state index is 0.101. The van der Waals surface area contributed by atoms with E-state index in [9.17, 15) is 4.79 Å². The van der Waals surface area contributed by atoms with E-state index in [1.54, 1.807) is 13.2 Å². The molecule has 0 bridgehead atoms. The van der Waals surface area contributed by atoms with Gasteiger partial charge in [-0.2, -0.15) is 0 Å². The second kappa shape index (κ2) is 5.69. The number of oxazole rings is 1. The van der Waals surface area contributed by atoms with Gasteiger partial charge in [-0.05, 0) is 23.6 Å². The zero-order chi connectivity index (χ0) is 13.8. The highest BCUT2D eigenvalue weighted by Crippen LogP contribution is 2.14. The highest BCUT2D eigenvalue weighted by Gasteiger charge is 2.07. The van der Waals surface area contributed by atoms with Crippen molar-refractivity contribution in [2.24, 2.45) is 0 Å². The van der Waals surface area contributed by atoms with E-state index in [0.29, 0.717) is 23.9 Å². The van der Waals surface area contributed by atoms with Crippen LogP contribution in [0.3, 0.4) is 0 Å². The molecule has 0 saturated heterocycles.